The predicted octanol–water partition coefficient (Wildman–Crippen LogP) is 6.42. The molecule has 0 spiro atoms. The number of allylic oxidation sites excluding steroid dienone is 3. The van der Waals surface area contributed by atoms with Gasteiger partial charge in [0.1, 0.15) is 6.10 Å². The number of cyclic esters (lactones) is 1. The fourth-order valence-corrected chi connectivity index (χ4v) is 8.10. The molecule has 4 aliphatic rings. The van der Waals surface area contributed by atoms with Gasteiger partial charge in [-0.25, -0.2) is 4.79 Å². The first kappa shape index (κ1) is 26.2. The van der Waals surface area contributed by atoms with Crippen LogP contribution in [-0.4, -0.2) is 34.5 Å². The fourth-order valence-electron chi connectivity index (χ4n) is 8.10. The lowest BCUT2D eigenvalue weighted by Crippen LogP contribution is -2.37. The number of hydrogen-bond acceptors (Lipinski definition) is 4. The van der Waals surface area contributed by atoms with E-state index in [2.05, 4.69) is 51.3 Å². The van der Waals surface area contributed by atoms with Crippen LogP contribution in [0.25, 0.3) is 0 Å². The van der Waals surface area contributed by atoms with Crippen LogP contribution in [0.1, 0.15) is 76.7 Å². The predicted molar refractivity (Wildman–Crippen MR) is 147 cm³/mol. The second-order valence-corrected chi connectivity index (χ2v) is 12.2. The Morgan fingerprint density at radius 1 is 1.14 bits per heavy atom. The maximum atomic E-state index is 12.5. The SMILES string of the molecule is C=C1C(=CC=C2CCC[C@]3(C)[C@@H]([C@H](C)C[C@@H]4OC(=O)C(=C)[C@H]4c4ccccc4)CC[C@@H]23)C[C@@H](O)C[C@@H]1O. The van der Waals surface area contributed by atoms with Gasteiger partial charge in [0.15, 0.2) is 0 Å². The van der Waals surface area contributed by atoms with Crippen molar-refractivity contribution in [3.8, 4) is 0 Å². The van der Waals surface area contributed by atoms with E-state index in [4.69, 9.17) is 4.74 Å². The third kappa shape index (κ3) is 4.91. The molecule has 4 fully saturated rings. The zero-order valence-corrected chi connectivity index (χ0v) is 22.4. The van der Waals surface area contributed by atoms with Crippen molar-refractivity contribution in [3.05, 3.63) is 83.5 Å². The Kier molecular flexibility index (Phi) is 7.35. The number of aliphatic hydroxyl groups is 2. The molecule has 8 atom stereocenters. The van der Waals surface area contributed by atoms with Gasteiger partial charge in [-0.1, -0.05) is 75.1 Å². The normalized spacial score (nSPS) is 39.2. The van der Waals surface area contributed by atoms with E-state index in [1.165, 1.54) is 31.3 Å². The van der Waals surface area contributed by atoms with Crippen LogP contribution in [0.5, 0.6) is 0 Å². The number of esters is 1. The molecule has 0 radical (unpaired) electrons. The molecule has 1 aromatic carbocycles. The van der Waals surface area contributed by atoms with E-state index < -0.39 is 12.2 Å². The minimum Gasteiger partial charge on any atom is -0.458 e. The first-order valence-corrected chi connectivity index (χ1v) is 14.1. The average Bonchev–Trinajstić information content (AvgIpc) is 3.36. The minimum absolute atomic E-state index is 0.0658. The Labute approximate surface area is 221 Å². The van der Waals surface area contributed by atoms with Gasteiger partial charge in [0, 0.05) is 12.0 Å². The molecule has 1 saturated heterocycles. The number of aliphatic hydroxyl groups excluding tert-OH is 2. The quantitative estimate of drug-likeness (QED) is 0.360. The van der Waals surface area contributed by atoms with Crippen molar-refractivity contribution in [2.24, 2.45) is 23.2 Å². The molecule has 0 aromatic heterocycles. The zero-order valence-electron chi connectivity index (χ0n) is 22.4. The molecule has 1 aromatic rings. The van der Waals surface area contributed by atoms with Crippen LogP contribution in [0.4, 0.5) is 0 Å². The van der Waals surface area contributed by atoms with E-state index in [9.17, 15) is 15.0 Å². The summed E-state index contributed by atoms with van der Waals surface area (Å²) in [5, 5.41) is 20.4. The largest absolute Gasteiger partial charge is 0.458 e. The van der Waals surface area contributed by atoms with Crippen molar-refractivity contribution in [2.45, 2.75) is 89.4 Å². The van der Waals surface area contributed by atoms with Crippen molar-refractivity contribution in [2.75, 3.05) is 0 Å². The summed E-state index contributed by atoms with van der Waals surface area (Å²) < 4.78 is 5.89. The molecular formula is C33H42O4. The average molecular weight is 503 g/mol. The van der Waals surface area contributed by atoms with E-state index in [1.54, 1.807) is 0 Å². The van der Waals surface area contributed by atoms with Gasteiger partial charge in [-0.15, -0.1) is 0 Å². The van der Waals surface area contributed by atoms with Gasteiger partial charge in [-0.3, -0.25) is 0 Å². The first-order valence-electron chi connectivity index (χ1n) is 14.1. The standard InChI is InChI=1S/C33H42O4/c1-20(17-30-31(22(3)32(36)37-30)24-9-6-5-7-10-24)27-14-15-28-23(11-8-16-33(27,28)4)12-13-25-18-26(34)19-29(35)21(25)2/h5-7,9-10,12-13,20,26-31,34-35H,2-3,8,11,14-19H2,1,4H3/t20-,26-,27-,28+,29+,30+,31+,33-/m1/s1. The number of fused-ring (bicyclic) bond motifs is 1. The van der Waals surface area contributed by atoms with Crippen molar-refractivity contribution >= 4 is 5.97 Å². The van der Waals surface area contributed by atoms with Crippen LogP contribution in [0.3, 0.4) is 0 Å². The fraction of sp³-hybridized carbons (Fsp3) is 0.545. The van der Waals surface area contributed by atoms with Crippen LogP contribution in [-0.2, 0) is 9.53 Å². The van der Waals surface area contributed by atoms with Crippen molar-refractivity contribution in [1.82, 2.24) is 0 Å². The summed E-state index contributed by atoms with van der Waals surface area (Å²) >= 11 is 0. The zero-order chi connectivity index (χ0) is 26.3. The Hall–Kier alpha value is -2.43. The second kappa shape index (κ2) is 10.4. The number of carbonyl (C=O) groups is 1. The van der Waals surface area contributed by atoms with Gasteiger partial charge in [0.2, 0.25) is 0 Å². The summed E-state index contributed by atoms with van der Waals surface area (Å²) in [6.07, 6.45) is 10.8. The molecule has 3 saturated carbocycles. The summed E-state index contributed by atoms with van der Waals surface area (Å²) in [4.78, 5) is 12.5. The number of hydrogen-bond donors (Lipinski definition) is 2. The van der Waals surface area contributed by atoms with E-state index in [-0.39, 0.29) is 23.4 Å². The monoisotopic (exact) mass is 502 g/mol. The summed E-state index contributed by atoms with van der Waals surface area (Å²) in [6, 6.07) is 10.2. The van der Waals surface area contributed by atoms with Gasteiger partial charge in [-0.2, -0.15) is 0 Å². The summed E-state index contributed by atoms with van der Waals surface area (Å²) in [5.74, 6) is 1.24. The van der Waals surface area contributed by atoms with Crippen LogP contribution in [0.15, 0.2) is 77.9 Å². The third-order valence-electron chi connectivity index (χ3n) is 10.0. The van der Waals surface area contributed by atoms with Crippen LogP contribution in [0.2, 0.25) is 0 Å². The molecule has 0 amide bonds. The summed E-state index contributed by atoms with van der Waals surface area (Å²) in [5.41, 5.74) is 5.15. The molecule has 2 N–H and O–H groups in total. The van der Waals surface area contributed by atoms with Crippen LogP contribution < -0.4 is 0 Å². The van der Waals surface area contributed by atoms with Gasteiger partial charge >= 0.3 is 5.97 Å². The molecule has 198 valence electrons. The Morgan fingerprint density at radius 2 is 1.89 bits per heavy atom. The molecule has 0 unspecified atom stereocenters. The van der Waals surface area contributed by atoms with Crippen LogP contribution >= 0.6 is 0 Å². The van der Waals surface area contributed by atoms with E-state index in [0.29, 0.717) is 36.2 Å². The smallest absolute Gasteiger partial charge is 0.334 e. The summed E-state index contributed by atoms with van der Waals surface area (Å²) in [7, 11) is 0. The molecule has 4 nitrogen and oxygen atoms in total. The lowest BCUT2D eigenvalue weighted by Gasteiger charge is -2.44. The van der Waals surface area contributed by atoms with Gasteiger partial charge in [0.05, 0.1) is 18.1 Å². The molecule has 5 rings (SSSR count). The molecule has 1 aliphatic heterocycles. The number of carbonyl (C=O) groups excluding carboxylic acids is 1. The number of ether oxygens (including phenoxy) is 1. The Balaban J connectivity index is 1.33. The highest BCUT2D eigenvalue weighted by atomic mass is 16.6. The highest BCUT2D eigenvalue weighted by molar-refractivity contribution is 5.92. The second-order valence-electron chi connectivity index (χ2n) is 12.2. The van der Waals surface area contributed by atoms with E-state index >= 15 is 0 Å². The molecule has 4 heteroatoms. The van der Waals surface area contributed by atoms with Gasteiger partial charge in [-0.05, 0) is 84.8 Å². The van der Waals surface area contributed by atoms with Gasteiger partial charge < -0.3 is 14.9 Å². The molecular weight excluding hydrogens is 460 g/mol. The van der Waals surface area contributed by atoms with Crippen molar-refractivity contribution < 1.29 is 19.7 Å². The van der Waals surface area contributed by atoms with Crippen molar-refractivity contribution in [1.29, 1.82) is 0 Å². The number of rotatable bonds is 5. The minimum atomic E-state index is -0.651. The molecule has 0 bridgehead atoms. The summed E-state index contributed by atoms with van der Waals surface area (Å²) in [6.45, 7) is 13.0. The first-order chi connectivity index (χ1) is 17.7. The molecule has 1 heterocycles. The maximum absolute atomic E-state index is 12.5. The lowest BCUT2D eigenvalue weighted by molar-refractivity contribution is -0.139. The maximum Gasteiger partial charge on any atom is 0.334 e. The third-order valence-corrected chi connectivity index (χ3v) is 10.0. The van der Waals surface area contributed by atoms with E-state index in [1.807, 2.05) is 18.2 Å². The Morgan fingerprint density at radius 3 is 2.65 bits per heavy atom. The van der Waals surface area contributed by atoms with Crippen molar-refractivity contribution in [3.63, 3.8) is 0 Å². The highest BCUT2D eigenvalue weighted by Gasteiger charge is 2.52. The number of benzene rings is 1. The van der Waals surface area contributed by atoms with E-state index in [0.717, 1.165) is 29.6 Å². The molecule has 3 aliphatic carbocycles. The topological polar surface area (TPSA) is 66.8 Å². The highest BCUT2D eigenvalue weighted by Crippen LogP contribution is 2.60. The Bertz CT molecular complexity index is 1110. The van der Waals surface area contributed by atoms with Crippen LogP contribution in [0, 0.1) is 23.2 Å². The van der Waals surface area contributed by atoms with Gasteiger partial charge in [0.25, 0.3) is 0 Å². The molecule has 37 heavy (non-hydrogen) atoms. The lowest BCUT2D eigenvalue weighted by atomic mass is 9.60.